The van der Waals surface area contributed by atoms with Crippen LogP contribution < -0.4 is 11.1 Å². The number of carbonyl (C=O) groups is 1. The normalized spacial score (nSPS) is 11.8. The van der Waals surface area contributed by atoms with Crippen molar-refractivity contribution in [3.63, 3.8) is 0 Å². The maximum absolute atomic E-state index is 12.1. The average Bonchev–Trinajstić information content (AvgIpc) is 3.06. The van der Waals surface area contributed by atoms with E-state index in [-0.39, 0.29) is 19.1 Å². The van der Waals surface area contributed by atoms with Crippen LogP contribution in [0.15, 0.2) is 66.7 Å². The van der Waals surface area contributed by atoms with E-state index < -0.39 is 6.09 Å². The number of rotatable bonds is 3. The molecule has 0 radical (unpaired) electrons. The summed E-state index contributed by atoms with van der Waals surface area (Å²) in [6.07, 6.45) is -0.489. The van der Waals surface area contributed by atoms with Crippen LogP contribution >= 0.6 is 11.6 Å². The fourth-order valence-electron chi connectivity index (χ4n) is 3.53. The molecule has 0 spiro atoms. The van der Waals surface area contributed by atoms with Crippen LogP contribution in [0.5, 0.6) is 0 Å². The summed E-state index contributed by atoms with van der Waals surface area (Å²) in [6, 6.07) is 21.6. The van der Waals surface area contributed by atoms with Crippen molar-refractivity contribution in [2.45, 2.75) is 5.92 Å². The van der Waals surface area contributed by atoms with Gasteiger partial charge in [-0.2, -0.15) is 0 Å². The van der Waals surface area contributed by atoms with Crippen LogP contribution in [0, 0.1) is 11.8 Å². The van der Waals surface area contributed by atoms with E-state index in [0.29, 0.717) is 10.7 Å². The molecule has 0 bridgehead atoms. The predicted octanol–water partition coefficient (Wildman–Crippen LogP) is 4.81. The molecule has 3 N–H and O–H groups in total. The monoisotopic (exact) mass is 402 g/mol. The van der Waals surface area contributed by atoms with Crippen LogP contribution in [0.4, 0.5) is 10.5 Å². The first-order valence-corrected chi connectivity index (χ1v) is 9.64. The van der Waals surface area contributed by atoms with Gasteiger partial charge in [-0.25, -0.2) is 4.79 Å². The van der Waals surface area contributed by atoms with Gasteiger partial charge in [0.2, 0.25) is 0 Å². The molecule has 4 nitrogen and oxygen atoms in total. The molecule has 0 unspecified atom stereocenters. The van der Waals surface area contributed by atoms with Crippen LogP contribution in [0.2, 0.25) is 5.02 Å². The van der Waals surface area contributed by atoms with Crippen molar-refractivity contribution >= 4 is 23.4 Å². The van der Waals surface area contributed by atoms with E-state index in [1.54, 1.807) is 18.2 Å². The van der Waals surface area contributed by atoms with Gasteiger partial charge in [0.05, 0.1) is 17.3 Å². The average molecular weight is 403 g/mol. The highest BCUT2D eigenvalue weighted by molar-refractivity contribution is 6.33. The smallest absolute Gasteiger partial charge is 0.407 e. The molecular formula is C24H19ClN2O2. The number of amides is 1. The van der Waals surface area contributed by atoms with E-state index in [0.717, 1.165) is 5.56 Å². The van der Waals surface area contributed by atoms with Crippen molar-refractivity contribution in [1.29, 1.82) is 0 Å². The van der Waals surface area contributed by atoms with Gasteiger partial charge < -0.3 is 15.8 Å². The summed E-state index contributed by atoms with van der Waals surface area (Å²) in [6.45, 7) is 0.459. The van der Waals surface area contributed by atoms with Gasteiger partial charge in [-0.1, -0.05) is 72.0 Å². The molecule has 29 heavy (non-hydrogen) atoms. The summed E-state index contributed by atoms with van der Waals surface area (Å²) < 4.78 is 5.47. The van der Waals surface area contributed by atoms with Crippen molar-refractivity contribution in [2.24, 2.45) is 0 Å². The van der Waals surface area contributed by atoms with Gasteiger partial charge in [0.25, 0.3) is 0 Å². The Kier molecular flexibility index (Phi) is 5.41. The second-order valence-electron chi connectivity index (χ2n) is 6.72. The minimum absolute atomic E-state index is 0.0382. The zero-order valence-electron chi connectivity index (χ0n) is 15.6. The number of nitrogen functional groups attached to an aromatic ring is 1. The molecule has 0 atom stereocenters. The lowest BCUT2D eigenvalue weighted by molar-refractivity contribution is 0.144. The number of ether oxygens (including phenoxy) is 1. The minimum Gasteiger partial charge on any atom is -0.449 e. The second kappa shape index (κ2) is 8.30. The predicted molar refractivity (Wildman–Crippen MR) is 116 cm³/mol. The maximum atomic E-state index is 12.1. The fraction of sp³-hybridized carbons (Fsp3) is 0.125. The Labute approximate surface area is 174 Å². The number of alkyl carbamates (subject to hydrolysis) is 1. The van der Waals surface area contributed by atoms with Gasteiger partial charge in [-0.05, 0) is 40.5 Å². The molecule has 3 aromatic carbocycles. The topological polar surface area (TPSA) is 64.3 Å². The largest absolute Gasteiger partial charge is 0.449 e. The molecule has 5 heteroatoms. The summed E-state index contributed by atoms with van der Waals surface area (Å²) >= 11 is 5.89. The van der Waals surface area contributed by atoms with Crippen molar-refractivity contribution in [2.75, 3.05) is 18.9 Å². The number of anilines is 1. The Balaban J connectivity index is 1.35. The molecule has 0 saturated carbocycles. The third-order valence-electron chi connectivity index (χ3n) is 4.89. The lowest BCUT2D eigenvalue weighted by Gasteiger charge is -2.14. The molecule has 144 valence electrons. The Morgan fingerprint density at radius 1 is 1.03 bits per heavy atom. The van der Waals surface area contributed by atoms with Crippen molar-refractivity contribution in [3.05, 3.63) is 88.4 Å². The molecule has 1 aliphatic carbocycles. The molecule has 0 aliphatic heterocycles. The zero-order chi connectivity index (χ0) is 20.2. The molecule has 0 fully saturated rings. The van der Waals surface area contributed by atoms with Crippen molar-refractivity contribution < 1.29 is 9.53 Å². The maximum Gasteiger partial charge on any atom is 0.407 e. The number of hydrogen-bond donors (Lipinski definition) is 2. The van der Waals surface area contributed by atoms with E-state index >= 15 is 0 Å². The number of fused-ring (bicyclic) bond motifs is 3. The molecule has 4 rings (SSSR count). The van der Waals surface area contributed by atoms with Crippen molar-refractivity contribution in [3.8, 4) is 23.0 Å². The standard InChI is InChI=1S/C24H19ClN2O2/c25-22-12-11-16(14-23(22)26)6-5-13-27-24(28)29-15-21-19-9-3-1-7-17(19)18-8-2-4-10-20(18)21/h1-4,7-12,14,21H,13,15,26H2,(H,27,28). The summed E-state index contributed by atoms with van der Waals surface area (Å²) in [5.41, 5.74) is 11.7. The Morgan fingerprint density at radius 3 is 2.34 bits per heavy atom. The third kappa shape index (κ3) is 4.06. The Hall–Kier alpha value is -3.42. The molecule has 0 aromatic heterocycles. The zero-order valence-corrected chi connectivity index (χ0v) is 16.4. The van der Waals surface area contributed by atoms with Gasteiger partial charge >= 0.3 is 6.09 Å². The van der Waals surface area contributed by atoms with Crippen LogP contribution in [0.1, 0.15) is 22.6 Å². The number of hydrogen-bond acceptors (Lipinski definition) is 3. The van der Waals surface area contributed by atoms with Crippen LogP contribution in [0.25, 0.3) is 11.1 Å². The second-order valence-corrected chi connectivity index (χ2v) is 7.12. The number of nitrogens with one attached hydrogen (secondary N) is 1. The Bertz CT molecular complexity index is 1090. The van der Waals surface area contributed by atoms with Gasteiger partial charge in [0, 0.05) is 11.5 Å². The first-order chi connectivity index (χ1) is 14.1. The lowest BCUT2D eigenvalue weighted by Crippen LogP contribution is -2.26. The lowest BCUT2D eigenvalue weighted by atomic mass is 9.98. The minimum atomic E-state index is -0.489. The number of benzene rings is 3. The molecular weight excluding hydrogens is 384 g/mol. The van der Waals surface area contributed by atoms with Gasteiger partial charge in [-0.15, -0.1) is 0 Å². The highest BCUT2D eigenvalue weighted by Crippen LogP contribution is 2.44. The summed E-state index contributed by atoms with van der Waals surface area (Å²) in [5, 5.41) is 3.15. The summed E-state index contributed by atoms with van der Waals surface area (Å²) in [4.78, 5) is 12.1. The quantitative estimate of drug-likeness (QED) is 0.488. The Morgan fingerprint density at radius 2 is 1.69 bits per heavy atom. The molecule has 3 aromatic rings. The van der Waals surface area contributed by atoms with Crippen molar-refractivity contribution in [1.82, 2.24) is 5.32 Å². The van der Waals surface area contributed by atoms with Crippen LogP contribution in [-0.4, -0.2) is 19.2 Å². The summed E-state index contributed by atoms with van der Waals surface area (Å²) in [7, 11) is 0. The number of nitrogens with two attached hydrogens (primary N) is 1. The van der Waals surface area contributed by atoms with E-state index in [1.807, 2.05) is 24.3 Å². The number of halogens is 1. The van der Waals surface area contributed by atoms with E-state index in [9.17, 15) is 4.79 Å². The molecule has 0 heterocycles. The van der Waals surface area contributed by atoms with Crippen LogP contribution in [0.3, 0.4) is 0 Å². The van der Waals surface area contributed by atoms with Gasteiger partial charge in [-0.3, -0.25) is 0 Å². The first kappa shape index (κ1) is 18.9. The fourth-order valence-corrected chi connectivity index (χ4v) is 3.65. The van der Waals surface area contributed by atoms with Gasteiger partial charge in [0.1, 0.15) is 6.61 Å². The van der Waals surface area contributed by atoms with Crippen LogP contribution in [-0.2, 0) is 4.74 Å². The summed E-state index contributed by atoms with van der Waals surface area (Å²) in [5.74, 6) is 5.85. The molecule has 1 aliphatic rings. The molecule has 1 amide bonds. The van der Waals surface area contributed by atoms with E-state index in [1.165, 1.54) is 22.3 Å². The van der Waals surface area contributed by atoms with E-state index in [2.05, 4.69) is 41.4 Å². The van der Waals surface area contributed by atoms with Gasteiger partial charge in [0.15, 0.2) is 0 Å². The highest BCUT2D eigenvalue weighted by atomic mass is 35.5. The van der Waals surface area contributed by atoms with E-state index in [4.69, 9.17) is 22.1 Å². The highest BCUT2D eigenvalue weighted by Gasteiger charge is 2.28. The first-order valence-electron chi connectivity index (χ1n) is 9.26. The molecule has 0 saturated heterocycles. The SMILES string of the molecule is Nc1cc(C#CCNC(=O)OCC2c3ccccc3-c3ccccc32)ccc1Cl. The number of carbonyl (C=O) groups excluding carboxylic acids is 1. The third-order valence-corrected chi connectivity index (χ3v) is 5.24.